The van der Waals surface area contributed by atoms with Crippen LogP contribution in [0.15, 0.2) is 18.2 Å². The third-order valence-corrected chi connectivity index (χ3v) is 3.71. The van der Waals surface area contributed by atoms with Crippen LogP contribution in [0.25, 0.3) is 11.1 Å². The molecule has 3 nitrogen and oxygen atoms in total. The minimum atomic E-state index is 0.510. The Balaban J connectivity index is 2.56. The summed E-state index contributed by atoms with van der Waals surface area (Å²) in [7, 11) is 1.85. The van der Waals surface area contributed by atoms with E-state index in [-0.39, 0.29) is 0 Å². The number of aryl methyl sites for hydroxylation is 1. The highest BCUT2D eigenvalue weighted by molar-refractivity contribution is 6.42. The molecule has 19 heavy (non-hydrogen) atoms. The van der Waals surface area contributed by atoms with Crippen LogP contribution in [0.3, 0.4) is 0 Å². The Morgan fingerprint density at radius 2 is 1.95 bits per heavy atom. The maximum atomic E-state index is 6.12. The van der Waals surface area contributed by atoms with Gasteiger partial charge in [0, 0.05) is 12.6 Å². The molecule has 2 N–H and O–H groups in total. The average Bonchev–Trinajstić information content (AvgIpc) is 2.58. The van der Waals surface area contributed by atoms with Crippen molar-refractivity contribution in [3.63, 3.8) is 0 Å². The molecular formula is C14H17Cl2N3. The van der Waals surface area contributed by atoms with Gasteiger partial charge in [-0.3, -0.25) is 4.68 Å². The molecule has 0 saturated heterocycles. The molecule has 0 saturated carbocycles. The van der Waals surface area contributed by atoms with Crippen molar-refractivity contribution in [1.29, 1.82) is 0 Å². The summed E-state index contributed by atoms with van der Waals surface area (Å²) < 4.78 is 1.70. The van der Waals surface area contributed by atoms with Crippen molar-refractivity contribution in [3.05, 3.63) is 33.9 Å². The van der Waals surface area contributed by atoms with Crippen LogP contribution in [0.2, 0.25) is 10.0 Å². The SMILES string of the molecule is CC(C)Cc1nn(C)c(N)c1-c1ccc(Cl)c(Cl)c1. The molecule has 1 aromatic carbocycles. The number of aromatic nitrogens is 2. The lowest BCUT2D eigenvalue weighted by Gasteiger charge is -2.07. The molecule has 0 amide bonds. The number of benzene rings is 1. The second-order valence-electron chi connectivity index (χ2n) is 5.06. The topological polar surface area (TPSA) is 43.8 Å². The van der Waals surface area contributed by atoms with Crippen molar-refractivity contribution in [2.45, 2.75) is 20.3 Å². The second-order valence-corrected chi connectivity index (χ2v) is 5.87. The Kier molecular flexibility index (Phi) is 4.07. The van der Waals surface area contributed by atoms with Gasteiger partial charge in [0.1, 0.15) is 5.82 Å². The lowest BCUT2D eigenvalue weighted by atomic mass is 9.99. The van der Waals surface area contributed by atoms with Gasteiger partial charge in [0.2, 0.25) is 0 Å². The van der Waals surface area contributed by atoms with E-state index in [1.165, 1.54) is 0 Å². The van der Waals surface area contributed by atoms with Crippen LogP contribution in [-0.4, -0.2) is 9.78 Å². The number of rotatable bonds is 3. The molecule has 102 valence electrons. The first-order chi connectivity index (χ1) is 8.90. The quantitative estimate of drug-likeness (QED) is 0.924. The van der Waals surface area contributed by atoms with Gasteiger partial charge >= 0.3 is 0 Å². The predicted octanol–water partition coefficient (Wildman–Crippen LogP) is 4.17. The van der Waals surface area contributed by atoms with Gasteiger partial charge in [-0.25, -0.2) is 0 Å². The molecule has 0 aliphatic carbocycles. The van der Waals surface area contributed by atoms with E-state index in [4.69, 9.17) is 28.9 Å². The van der Waals surface area contributed by atoms with Crippen molar-refractivity contribution in [1.82, 2.24) is 9.78 Å². The van der Waals surface area contributed by atoms with Crippen LogP contribution in [0.1, 0.15) is 19.5 Å². The monoisotopic (exact) mass is 297 g/mol. The van der Waals surface area contributed by atoms with Crippen molar-refractivity contribution in [2.75, 3.05) is 5.73 Å². The summed E-state index contributed by atoms with van der Waals surface area (Å²) in [5.74, 6) is 1.16. The van der Waals surface area contributed by atoms with E-state index in [1.54, 1.807) is 10.7 Å². The summed E-state index contributed by atoms with van der Waals surface area (Å²) >= 11 is 12.0. The fraction of sp³-hybridized carbons (Fsp3) is 0.357. The highest BCUT2D eigenvalue weighted by atomic mass is 35.5. The minimum Gasteiger partial charge on any atom is -0.383 e. The fourth-order valence-electron chi connectivity index (χ4n) is 2.09. The van der Waals surface area contributed by atoms with E-state index in [0.717, 1.165) is 23.2 Å². The van der Waals surface area contributed by atoms with E-state index in [0.29, 0.717) is 21.8 Å². The highest BCUT2D eigenvalue weighted by Gasteiger charge is 2.17. The largest absolute Gasteiger partial charge is 0.383 e. The van der Waals surface area contributed by atoms with Crippen LogP contribution < -0.4 is 5.73 Å². The molecule has 0 fully saturated rings. The van der Waals surface area contributed by atoms with Gasteiger partial charge in [-0.15, -0.1) is 0 Å². The first-order valence-electron chi connectivity index (χ1n) is 6.17. The van der Waals surface area contributed by atoms with Crippen LogP contribution in [0.4, 0.5) is 5.82 Å². The third kappa shape index (κ3) is 2.88. The first-order valence-corrected chi connectivity index (χ1v) is 6.92. The lowest BCUT2D eigenvalue weighted by Crippen LogP contribution is -1.98. The lowest BCUT2D eigenvalue weighted by molar-refractivity contribution is 0.622. The number of hydrogen-bond donors (Lipinski definition) is 1. The molecular weight excluding hydrogens is 281 g/mol. The Morgan fingerprint density at radius 1 is 1.26 bits per heavy atom. The van der Waals surface area contributed by atoms with Gasteiger partial charge in [-0.1, -0.05) is 43.1 Å². The Labute approximate surface area is 123 Å². The molecule has 1 aromatic heterocycles. The fourth-order valence-corrected chi connectivity index (χ4v) is 2.39. The first kappa shape index (κ1) is 14.2. The zero-order valence-electron chi connectivity index (χ0n) is 11.2. The van der Waals surface area contributed by atoms with Crippen LogP contribution in [-0.2, 0) is 13.5 Å². The molecule has 0 aliphatic rings. The Bertz CT molecular complexity index is 603. The van der Waals surface area contributed by atoms with E-state index < -0.39 is 0 Å². The highest BCUT2D eigenvalue weighted by Crippen LogP contribution is 2.34. The molecule has 0 spiro atoms. The summed E-state index contributed by atoms with van der Waals surface area (Å²) in [5, 5.41) is 5.56. The molecule has 0 aliphatic heterocycles. The van der Waals surface area contributed by atoms with Gasteiger partial charge < -0.3 is 5.73 Å². The average molecular weight is 298 g/mol. The van der Waals surface area contributed by atoms with Crippen LogP contribution in [0.5, 0.6) is 0 Å². The molecule has 5 heteroatoms. The minimum absolute atomic E-state index is 0.510. The number of nitrogen functional groups attached to an aromatic ring is 1. The van der Waals surface area contributed by atoms with Gasteiger partial charge in [0.15, 0.2) is 0 Å². The molecule has 0 bridgehead atoms. The normalized spacial score (nSPS) is 11.3. The second kappa shape index (κ2) is 5.43. The number of anilines is 1. The zero-order valence-corrected chi connectivity index (χ0v) is 12.8. The molecule has 2 aromatic rings. The maximum absolute atomic E-state index is 6.12. The van der Waals surface area contributed by atoms with Crippen molar-refractivity contribution >= 4 is 29.0 Å². The summed E-state index contributed by atoms with van der Waals surface area (Å²) in [6.07, 6.45) is 0.876. The third-order valence-electron chi connectivity index (χ3n) is 2.97. The summed E-state index contributed by atoms with van der Waals surface area (Å²) in [4.78, 5) is 0. The molecule has 0 atom stereocenters. The Hall–Kier alpha value is -1.19. The number of halogens is 2. The standard InChI is InChI=1S/C14H17Cl2N3/c1-8(2)6-12-13(14(17)19(3)18-12)9-4-5-10(15)11(16)7-9/h4-5,7-8H,6,17H2,1-3H3. The molecule has 0 unspecified atom stereocenters. The number of nitrogens with zero attached hydrogens (tertiary/aromatic N) is 2. The van der Waals surface area contributed by atoms with E-state index in [9.17, 15) is 0 Å². The van der Waals surface area contributed by atoms with Crippen molar-refractivity contribution in [2.24, 2.45) is 13.0 Å². The maximum Gasteiger partial charge on any atom is 0.129 e. The number of nitrogens with two attached hydrogens (primary N) is 1. The van der Waals surface area contributed by atoms with Gasteiger partial charge in [0.05, 0.1) is 15.7 Å². The van der Waals surface area contributed by atoms with Gasteiger partial charge in [0.25, 0.3) is 0 Å². The Morgan fingerprint density at radius 3 is 2.53 bits per heavy atom. The molecule has 0 radical (unpaired) electrons. The van der Waals surface area contributed by atoms with E-state index >= 15 is 0 Å². The van der Waals surface area contributed by atoms with Crippen molar-refractivity contribution in [3.8, 4) is 11.1 Å². The van der Waals surface area contributed by atoms with Crippen LogP contribution in [0, 0.1) is 5.92 Å². The predicted molar refractivity (Wildman–Crippen MR) is 81.6 cm³/mol. The summed E-state index contributed by atoms with van der Waals surface area (Å²) in [5.41, 5.74) is 9.03. The molecule has 2 rings (SSSR count). The summed E-state index contributed by atoms with van der Waals surface area (Å²) in [6.45, 7) is 4.31. The zero-order chi connectivity index (χ0) is 14.2. The van der Waals surface area contributed by atoms with Gasteiger partial charge in [-0.05, 0) is 30.0 Å². The van der Waals surface area contributed by atoms with Crippen molar-refractivity contribution < 1.29 is 0 Å². The summed E-state index contributed by atoms with van der Waals surface area (Å²) in [6, 6.07) is 5.54. The van der Waals surface area contributed by atoms with Crippen LogP contribution >= 0.6 is 23.2 Å². The smallest absolute Gasteiger partial charge is 0.129 e. The molecule has 1 heterocycles. The van der Waals surface area contributed by atoms with E-state index in [2.05, 4.69) is 18.9 Å². The van der Waals surface area contributed by atoms with Gasteiger partial charge in [-0.2, -0.15) is 5.10 Å². The number of hydrogen-bond acceptors (Lipinski definition) is 2. The van der Waals surface area contributed by atoms with E-state index in [1.807, 2.05) is 19.2 Å².